The summed E-state index contributed by atoms with van der Waals surface area (Å²) in [6, 6.07) is 9.43. The van der Waals surface area contributed by atoms with Crippen molar-refractivity contribution >= 4 is 0 Å². The van der Waals surface area contributed by atoms with Crippen molar-refractivity contribution < 1.29 is 9.47 Å². The summed E-state index contributed by atoms with van der Waals surface area (Å²) in [5, 5.41) is 0. The van der Waals surface area contributed by atoms with Gasteiger partial charge in [0.05, 0.1) is 12.8 Å². The number of pyridine rings is 1. The molecular formula is C33H53NO3. The van der Waals surface area contributed by atoms with Crippen LogP contribution in [-0.2, 0) is 19.6 Å². The molecule has 0 bridgehead atoms. The number of ether oxygens (including phenoxy) is 2. The molecule has 0 amide bonds. The molecule has 0 aliphatic heterocycles. The normalized spacial score (nSPS) is 11.1. The van der Waals surface area contributed by atoms with Crippen LogP contribution in [0.1, 0.15) is 128 Å². The number of hydrogen-bond acceptors (Lipinski definition) is 3. The third-order valence-electron chi connectivity index (χ3n) is 7.37. The second-order valence-corrected chi connectivity index (χ2v) is 10.4. The molecule has 0 saturated carbocycles. The van der Waals surface area contributed by atoms with Gasteiger partial charge in [-0.25, -0.2) is 0 Å². The maximum Gasteiger partial charge on any atom is 0.223 e. The minimum Gasteiger partial charge on any atom is -0.497 e. The lowest BCUT2D eigenvalue weighted by Crippen LogP contribution is -2.16. The fourth-order valence-corrected chi connectivity index (χ4v) is 5.03. The largest absolute Gasteiger partial charge is 0.497 e. The van der Waals surface area contributed by atoms with Crippen molar-refractivity contribution in [2.24, 2.45) is 0 Å². The van der Waals surface area contributed by atoms with Gasteiger partial charge in [0, 0.05) is 18.8 Å². The summed E-state index contributed by atoms with van der Waals surface area (Å²) in [6.45, 7) is 5.71. The fraction of sp³-hybridized carbons (Fsp3) is 0.667. The summed E-state index contributed by atoms with van der Waals surface area (Å²) >= 11 is 0. The third kappa shape index (κ3) is 12.7. The predicted molar refractivity (Wildman–Crippen MR) is 157 cm³/mol. The summed E-state index contributed by atoms with van der Waals surface area (Å²) < 4.78 is 13.5. The number of aromatic nitrogens is 1. The summed E-state index contributed by atoms with van der Waals surface area (Å²) in [6.07, 6.45) is 24.7. The summed E-state index contributed by atoms with van der Waals surface area (Å²) in [7, 11) is 1.66. The zero-order valence-electron chi connectivity index (χ0n) is 24.1. The first-order valence-corrected chi connectivity index (χ1v) is 15.2. The Morgan fingerprint density at radius 3 is 1.68 bits per heavy atom. The standard InChI is InChI=1S/C33H53NO3/c1-4-6-7-8-9-10-11-12-13-14-15-16-17-18-19-20-26-34-27-25-32(35)33(31(34)5-2)37-28-29-21-23-30(36-3)24-22-29/h21-25,27H,4-20,26,28H2,1-3H3. The average Bonchev–Trinajstić information content (AvgIpc) is 2.92. The first kappa shape index (κ1) is 31.0. The van der Waals surface area contributed by atoms with Crippen LogP contribution in [0.25, 0.3) is 0 Å². The molecule has 4 nitrogen and oxygen atoms in total. The van der Waals surface area contributed by atoms with E-state index in [1.807, 2.05) is 30.5 Å². The van der Waals surface area contributed by atoms with E-state index in [0.717, 1.165) is 36.4 Å². The van der Waals surface area contributed by atoms with Gasteiger partial charge in [-0.3, -0.25) is 4.79 Å². The summed E-state index contributed by atoms with van der Waals surface area (Å²) in [5.41, 5.74) is 1.99. The van der Waals surface area contributed by atoms with Crippen LogP contribution in [-0.4, -0.2) is 11.7 Å². The first-order chi connectivity index (χ1) is 18.2. The Hall–Kier alpha value is -2.23. The van der Waals surface area contributed by atoms with Crippen molar-refractivity contribution in [2.75, 3.05) is 7.11 Å². The predicted octanol–water partition coefficient (Wildman–Crippen LogP) is 9.26. The molecule has 0 saturated heterocycles. The lowest BCUT2D eigenvalue weighted by Gasteiger charge is -2.17. The molecule has 4 heteroatoms. The highest BCUT2D eigenvalue weighted by molar-refractivity contribution is 5.30. The Morgan fingerprint density at radius 2 is 1.19 bits per heavy atom. The summed E-state index contributed by atoms with van der Waals surface area (Å²) in [5.74, 6) is 1.32. The number of unbranched alkanes of at least 4 members (excludes halogenated alkanes) is 15. The Morgan fingerprint density at radius 1 is 0.676 bits per heavy atom. The third-order valence-corrected chi connectivity index (χ3v) is 7.37. The van der Waals surface area contributed by atoms with Gasteiger partial charge in [0.1, 0.15) is 12.4 Å². The number of nitrogens with zero attached hydrogens (tertiary/aromatic N) is 1. The number of hydrogen-bond donors (Lipinski definition) is 0. The van der Waals surface area contributed by atoms with E-state index in [-0.39, 0.29) is 5.43 Å². The molecule has 0 aliphatic rings. The molecule has 0 radical (unpaired) electrons. The Bertz CT molecular complexity index is 887. The highest BCUT2D eigenvalue weighted by Crippen LogP contribution is 2.19. The monoisotopic (exact) mass is 511 g/mol. The van der Waals surface area contributed by atoms with Crippen LogP contribution < -0.4 is 14.9 Å². The maximum atomic E-state index is 12.5. The van der Waals surface area contributed by atoms with E-state index < -0.39 is 0 Å². The second-order valence-electron chi connectivity index (χ2n) is 10.4. The van der Waals surface area contributed by atoms with E-state index in [1.165, 1.54) is 96.3 Å². The Kier molecular flexibility index (Phi) is 16.6. The van der Waals surface area contributed by atoms with Gasteiger partial charge in [-0.15, -0.1) is 0 Å². The quantitative estimate of drug-likeness (QED) is 0.148. The van der Waals surface area contributed by atoms with E-state index in [2.05, 4.69) is 18.4 Å². The Balaban J connectivity index is 1.59. The van der Waals surface area contributed by atoms with Gasteiger partial charge >= 0.3 is 0 Å². The Labute approximate surface area is 226 Å². The summed E-state index contributed by atoms with van der Waals surface area (Å²) in [4.78, 5) is 12.5. The smallest absolute Gasteiger partial charge is 0.223 e. The molecule has 2 aromatic rings. The number of aryl methyl sites for hydroxylation is 1. The molecular weight excluding hydrogens is 458 g/mol. The minimum absolute atomic E-state index is 0.0337. The van der Waals surface area contributed by atoms with E-state index in [9.17, 15) is 4.79 Å². The van der Waals surface area contributed by atoms with Gasteiger partial charge in [-0.2, -0.15) is 0 Å². The van der Waals surface area contributed by atoms with Crippen molar-refractivity contribution in [1.82, 2.24) is 4.57 Å². The number of rotatable bonds is 22. The molecule has 37 heavy (non-hydrogen) atoms. The van der Waals surface area contributed by atoms with Crippen molar-refractivity contribution in [1.29, 1.82) is 0 Å². The fourth-order valence-electron chi connectivity index (χ4n) is 5.03. The zero-order chi connectivity index (χ0) is 26.6. The molecule has 0 unspecified atom stereocenters. The molecule has 1 aromatic carbocycles. The molecule has 0 atom stereocenters. The van der Waals surface area contributed by atoms with Crippen LogP contribution in [0.15, 0.2) is 41.3 Å². The van der Waals surface area contributed by atoms with Gasteiger partial charge in [0.25, 0.3) is 0 Å². The maximum absolute atomic E-state index is 12.5. The number of methoxy groups -OCH3 is 1. The van der Waals surface area contributed by atoms with Crippen LogP contribution in [0.5, 0.6) is 11.5 Å². The zero-order valence-corrected chi connectivity index (χ0v) is 24.1. The molecule has 208 valence electrons. The van der Waals surface area contributed by atoms with Gasteiger partial charge in [0.2, 0.25) is 5.43 Å². The van der Waals surface area contributed by atoms with Crippen molar-refractivity contribution in [3.8, 4) is 11.5 Å². The van der Waals surface area contributed by atoms with Crippen molar-refractivity contribution in [3.63, 3.8) is 0 Å². The van der Waals surface area contributed by atoms with Gasteiger partial charge in [-0.05, 0) is 30.5 Å². The topological polar surface area (TPSA) is 40.5 Å². The first-order valence-electron chi connectivity index (χ1n) is 15.2. The average molecular weight is 512 g/mol. The van der Waals surface area contributed by atoms with Crippen molar-refractivity contribution in [3.05, 3.63) is 58.0 Å². The van der Waals surface area contributed by atoms with Gasteiger partial charge in [-0.1, -0.05) is 122 Å². The van der Waals surface area contributed by atoms with Crippen LogP contribution in [0.2, 0.25) is 0 Å². The van der Waals surface area contributed by atoms with Crippen LogP contribution in [0.4, 0.5) is 0 Å². The molecule has 1 aromatic heterocycles. The van der Waals surface area contributed by atoms with Crippen LogP contribution >= 0.6 is 0 Å². The van der Waals surface area contributed by atoms with E-state index >= 15 is 0 Å². The lowest BCUT2D eigenvalue weighted by molar-refractivity contribution is 0.295. The minimum atomic E-state index is -0.0337. The molecule has 2 rings (SSSR count). The van der Waals surface area contributed by atoms with Crippen molar-refractivity contribution in [2.45, 2.75) is 136 Å². The molecule has 1 heterocycles. The lowest BCUT2D eigenvalue weighted by atomic mass is 10.0. The van der Waals surface area contributed by atoms with Gasteiger partial charge < -0.3 is 14.0 Å². The second kappa shape index (κ2) is 19.8. The van der Waals surface area contributed by atoms with Crippen LogP contribution in [0.3, 0.4) is 0 Å². The molecule has 0 fully saturated rings. The van der Waals surface area contributed by atoms with E-state index in [4.69, 9.17) is 9.47 Å². The molecule has 0 spiro atoms. The van der Waals surface area contributed by atoms with E-state index in [1.54, 1.807) is 13.2 Å². The highest BCUT2D eigenvalue weighted by Gasteiger charge is 2.11. The van der Waals surface area contributed by atoms with E-state index in [0.29, 0.717) is 12.4 Å². The highest BCUT2D eigenvalue weighted by atomic mass is 16.5. The SMILES string of the molecule is CCCCCCCCCCCCCCCCCCn1ccc(=O)c(OCc2ccc(OC)cc2)c1CC. The van der Waals surface area contributed by atoms with Crippen LogP contribution in [0, 0.1) is 0 Å². The molecule has 0 aliphatic carbocycles. The molecule has 0 N–H and O–H groups in total. The van der Waals surface area contributed by atoms with Gasteiger partial charge in [0.15, 0.2) is 5.75 Å². The number of benzene rings is 1.